The van der Waals surface area contributed by atoms with Crippen LogP contribution in [0.1, 0.15) is 63.0 Å². The van der Waals surface area contributed by atoms with Crippen molar-refractivity contribution < 1.29 is 32.1 Å². The van der Waals surface area contributed by atoms with E-state index in [2.05, 4.69) is 0 Å². The fraction of sp³-hybridized carbons (Fsp3) is 0.533. The van der Waals surface area contributed by atoms with Crippen molar-refractivity contribution in [1.82, 2.24) is 0 Å². The van der Waals surface area contributed by atoms with Crippen LogP contribution in [0.15, 0.2) is 12.1 Å². The van der Waals surface area contributed by atoms with E-state index in [4.69, 9.17) is 0 Å². The molecule has 0 saturated carbocycles. The van der Waals surface area contributed by atoms with Gasteiger partial charge in [0.15, 0.2) is 0 Å². The van der Waals surface area contributed by atoms with Gasteiger partial charge in [-0.2, -0.15) is 0 Å². The van der Waals surface area contributed by atoms with Crippen molar-refractivity contribution in [3.8, 4) is 5.75 Å². The van der Waals surface area contributed by atoms with E-state index >= 15 is 0 Å². The quantitative estimate of drug-likeness (QED) is 0.778. The molecule has 1 radical (unpaired) electrons. The van der Waals surface area contributed by atoms with Gasteiger partial charge >= 0.3 is 5.97 Å². The molecule has 0 heterocycles. The standard InChI is InChI=1S/C15H22O3.Mn/c1-14(2,3)9-7-10(13(17)18)12(16)11(8-9)15(4,5)6;/h7-8,16H,1-6H3,(H,17,18);. The van der Waals surface area contributed by atoms with Crippen LogP contribution in [0.4, 0.5) is 0 Å². The van der Waals surface area contributed by atoms with Gasteiger partial charge in [0.2, 0.25) is 0 Å². The average molecular weight is 305 g/mol. The summed E-state index contributed by atoms with van der Waals surface area (Å²) in [6.07, 6.45) is 0. The zero-order valence-corrected chi connectivity index (χ0v) is 13.5. The molecule has 1 aromatic carbocycles. The molecule has 0 saturated heterocycles. The number of carboxylic acids is 1. The first-order valence-corrected chi connectivity index (χ1v) is 6.06. The molecule has 0 atom stereocenters. The van der Waals surface area contributed by atoms with Crippen molar-refractivity contribution in [2.75, 3.05) is 0 Å². The minimum absolute atomic E-state index is 0. The molecule has 2 N–H and O–H groups in total. The van der Waals surface area contributed by atoms with Crippen LogP contribution >= 0.6 is 0 Å². The smallest absolute Gasteiger partial charge is 0.339 e. The summed E-state index contributed by atoms with van der Waals surface area (Å²) in [5.74, 6) is -1.22. The first-order valence-electron chi connectivity index (χ1n) is 6.06. The number of hydrogen-bond acceptors (Lipinski definition) is 2. The van der Waals surface area contributed by atoms with Gasteiger partial charge in [-0.3, -0.25) is 0 Å². The van der Waals surface area contributed by atoms with Crippen LogP contribution in [0.2, 0.25) is 0 Å². The maximum absolute atomic E-state index is 11.2. The number of aromatic carboxylic acids is 1. The number of carbonyl (C=O) groups is 1. The van der Waals surface area contributed by atoms with Gasteiger partial charge in [-0.05, 0) is 22.5 Å². The summed E-state index contributed by atoms with van der Waals surface area (Å²) in [5, 5.41) is 19.3. The Labute approximate surface area is 125 Å². The third kappa shape index (κ3) is 3.99. The predicted octanol–water partition coefficient (Wildman–Crippen LogP) is 3.68. The molecule has 0 aliphatic heterocycles. The molecule has 19 heavy (non-hydrogen) atoms. The largest absolute Gasteiger partial charge is 0.507 e. The van der Waals surface area contributed by atoms with Crippen molar-refractivity contribution in [2.45, 2.75) is 52.4 Å². The fourth-order valence-corrected chi connectivity index (χ4v) is 1.80. The van der Waals surface area contributed by atoms with E-state index in [-0.39, 0.29) is 39.2 Å². The van der Waals surface area contributed by atoms with Crippen LogP contribution < -0.4 is 0 Å². The number of phenols is 1. The molecule has 0 spiro atoms. The Morgan fingerprint density at radius 3 is 1.79 bits per heavy atom. The molecule has 0 fully saturated rings. The number of benzene rings is 1. The van der Waals surface area contributed by atoms with Gasteiger partial charge < -0.3 is 10.2 Å². The molecule has 4 heteroatoms. The Kier molecular flexibility index (Phi) is 5.27. The summed E-state index contributed by atoms with van der Waals surface area (Å²) >= 11 is 0. The normalized spacial score (nSPS) is 11.9. The molecule has 1 rings (SSSR count). The number of hydrogen-bond donors (Lipinski definition) is 2. The van der Waals surface area contributed by atoms with Crippen LogP contribution in [0, 0.1) is 0 Å². The number of aromatic hydroxyl groups is 1. The Morgan fingerprint density at radius 2 is 1.47 bits per heavy atom. The average Bonchev–Trinajstić information content (AvgIpc) is 2.13. The van der Waals surface area contributed by atoms with E-state index < -0.39 is 5.97 Å². The molecule has 0 aliphatic rings. The topological polar surface area (TPSA) is 57.5 Å². The van der Waals surface area contributed by atoms with Gasteiger partial charge in [-0.1, -0.05) is 47.6 Å². The molecular formula is C15H22MnO3. The van der Waals surface area contributed by atoms with E-state index in [1.807, 2.05) is 47.6 Å². The van der Waals surface area contributed by atoms with Gasteiger partial charge in [0.05, 0.1) is 0 Å². The molecule has 1 aromatic rings. The van der Waals surface area contributed by atoms with Crippen molar-refractivity contribution in [1.29, 1.82) is 0 Å². The van der Waals surface area contributed by atoms with Gasteiger partial charge in [0.25, 0.3) is 0 Å². The maximum atomic E-state index is 11.2. The first kappa shape index (κ1) is 18.0. The molecule has 0 aliphatic carbocycles. The summed E-state index contributed by atoms with van der Waals surface area (Å²) in [5.41, 5.74) is 1.12. The third-order valence-corrected chi connectivity index (χ3v) is 3.01. The number of rotatable bonds is 1. The summed E-state index contributed by atoms with van der Waals surface area (Å²) in [6.45, 7) is 12.0. The molecule has 107 valence electrons. The first-order chi connectivity index (χ1) is 7.94. The molecule has 0 amide bonds. The van der Waals surface area contributed by atoms with Crippen molar-refractivity contribution in [3.05, 3.63) is 28.8 Å². The summed E-state index contributed by atoms with van der Waals surface area (Å²) < 4.78 is 0. The van der Waals surface area contributed by atoms with Crippen LogP contribution in [0.25, 0.3) is 0 Å². The van der Waals surface area contributed by atoms with Crippen molar-refractivity contribution in [3.63, 3.8) is 0 Å². The monoisotopic (exact) mass is 305 g/mol. The van der Waals surface area contributed by atoms with Crippen LogP contribution in [-0.4, -0.2) is 16.2 Å². The Balaban J connectivity index is 0.00000324. The molecule has 0 bridgehead atoms. The number of carboxylic acid groups (broad SMARTS) is 1. The van der Waals surface area contributed by atoms with Crippen molar-refractivity contribution >= 4 is 5.97 Å². The minimum atomic E-state index is -1.09. The van der Waals surface area contributed by atoms with Crippen LogP contribution in [-0.2, 0) is 27.9 Å². The third-order valence-electron chi connectivity index (χ3n) is 3.01. The second-order valence-corrected chi connectivity index (χ2v) is 6.73. The molecule has 0 unspecified atom stereocenters. The van der Waals surface area contributed by atoms with E-state index in [0.29, 0.717) is 5.56 Å². The molecular weight excluding hydrogens is 283 g/mol. The predicted molar refractivity (Wildman–Crippen MR) is 72.5 cm³/mol. The van der Waals surface area contributed by atoms with Crippen LogP contribution in [0.5, 0.6) is 5.75 Å². The minimum Gasteiger partial charge on any atom is -0.507 e. The maximum Gasteiger partial charge on any atom is 0.339 e. The molecule has 0 aromatic heterocycles. The van der Waals surface area contributed by atoms with E-state index in [1.54, 1.807) is 6.07 Å². The SMILES string of the molecule is CC(C)(C)c1cc(C(=O)O)c(O)c(C(C)(C)C)c1.[Mn]. The Morgan fingerprint density at radius 1 is 1.00 bits per heavy atom. The Hall–Kier alpha value is -0.991. The van der Waals surface area contributed by atoms with Crippen LogP contribution in [0.3, 0.4) is 0 Å². The fourth-order valence-electron chi connectivity index (χ4n) is 1.80. The van der Waals surface area contributed by atoms with E-state index in [9.17, 15) is 15.0 Å². The van der Waals surface area contributed by atoms with Crippen molar-refractivity contribution in [2.24, 2.45) is 0 Å². The van der Waals surface area contributed by atoms with Gasteiger partial charge in [-0.15, -0.1) is 0 Å². The zero-order chi connectivity index (χ0) is 14.3. The van der Waals surface area contributed by atoms with E-state index in [1.165, 1.54) is 0 Å². The second kappa shape index (κ2) is 5.56. The zero-order valence-electron chi connectivity index (χ0n) is 12.3. The summed E-state index contributed by atoms with van der Waals surface area (Å²) in [6, 6.07) is 3.47. The van der Waals surface area contributed by atoms with E-state index in [0.717, 1.165) is 5.56 Å². The van der Waals surface area contributed by atoms with Gasteiger partial charge in [0.1, 0.15) is 11.3 Å². The van der Waals surface area contributed by atoms with Gasteiger partial charge in [-0.25, -0.2) is 4.79 Å². The second-order valence-electron chi connectivity index (χ2n) is 6.73. The van der Waals surface area contributed by atoms with Gasteiger partial charge in [0, 0.05) is 22.6 Å². The molecule has 3 nitrogen and oxygen atoms in total. The Bertz CT molecular complexity index is 479. The summed E-state index contributed by atoms with van der Waals surface area (Å²) in [4.78, 5) is 11.2. The summed E-state index contributed by atoms with van der Waals surface area (Å²) in [7, 11) is 0.